The fraction of sp³-hybridized carbons (Fsp3) is 0.385. The average Bonchev–Trinajstić information content (AvgIpc) is 2.31. The van der Waals surface area contributed by atoms with Crippen LogP contribution < -0.4 is 15.2 Å². The number of allylic oxidation sites excluding steroid dienone is 1. The summed E-state index contributed by atoms with van der Waals surface area (Å²) in [5.41, 5.74) is 7.06. The predicted molar refractivity (Wildman–Crippen MR) is 76.6 cm³/mol. The first-order valence-corrected chi connectivity index (χ1v) is 7.50. The van der Waals surface area contributed by atoms with Gasteiger partial charge in [-0.3, -0.25) is 0 Å². The maximum absolute atomic E-state index is 12.2. The largest absolute Gasteiger partial charge is 0.492 e. The van der Waals surface area contributed by atoms with Crippen molar-refractivity contribution < 1.29 is 13.2 Å². The highest BCUT2D eigenvalue weighted by Crippen LogP contribution is 2.26. The van der Waals surface area contributed by atoms with Crippen LogP contribution in [-0.2, 0) is 10.0 Å². The molecule has 0 radical (unpaired) electrons. The lowest BCUT2D eigenvalue weighted by molar-refractivity contribution is 0.331. The molecule has 6 heteroatoms. The summed E-state index contributed by atoms with van der Waals surface area (Å²) < 4.78 is 32.2. The second-order valence-corrected chi connectivity index (χ2v) is 6.01. The number of sulfonamides is 1. The third-order valence-corrected chi connectivity index (χ3v) is 3.79. The van der Waals surface area contributed by atoms with Crippen molar-refractivity contribution in [2.45, 2.75) is 25.7 Å². The van der Waals surface area contributed by atoms with Gasteiger partial charge in [0.15, 0.2) is 0 Å². The summed E-state index contributed by atoms with van der Waals surface area (Å²) in [6, 6.07) is 4.57. The van der Waals surface area contributed by atoms with Crippen molar-refractivity contribution in [2.75, 3.05) is 18.9 Å². The van der Waals surface area contributed by atoms with Crippen LogP contribution >= 0.6 is 0 Å². The van der Waals surface area contributed by atoms with Crippen LogP contribution in [-0.4, -0.2) is 21.6 Å². The first-order chi connectivity index (χ1) is 8.86. The Morgan fingerprint density at radius 2 is 2.11 bits per heavy atom. The highest BCUT2D eigenvalue weighted by atomic mass is 32.2. The molecule has 3 N–H and O–H groups in total. The minimum atomic E-state index is -3.63. The smallest absolute Gasteiger partial charge is 0.244 e. The SMILES string of the molecule is CCOc1ccc(N)cc1S(=O)(=O)NCC=C(C)C. The second kappa shape index (κ2) is 6.58. The molecule has 0 saturated carbocycles. The van der Waals surface area contributed by atoms with Crippen LogP contribution in [0.25, 0.3) is 0 Å². The molecule has 0 amide bonds. The van der Waals surface area contributed by atoms with Gasteiger partial charge in [0, 0.05) is 12.2 Å². The number of hydrogen-bond acceptors (Lipinski definition) is 4. The lowest BCUT2D eigenvalue weighted by Crippen LogP contribution is -2.24. The fourth-order valence-electron chi connectivity index (χ4n) is 1.44. The lowest BCUT2D eigenvalue weighted by Gasteiger charge is -2.11. The van der Waals surface area contributed by atoms with Gasteiger partial charge in [-0.05, 0) is 39.0 Å². The zero-order chi connectivity index (χ0) is 14.5. The van der Waals surface area contributed by atoms with Gasteiger partial charge >= 0.3 is 0 Å². The van der Waals surface area contributed by atoms with Gasteiger partial charge in [-0.15, -0.1) is 0 Å². The minimum absolute atomic E-state index is 0.0662. The molecule has 0 unspecified atom stereocenters. The van der Waals surface area contributed by atoms with Crippen LogP contribution in [0.3, 0.4) is 0 Å². The van der Waals surface area contributed by atoms with E-state index in [-0.39, 0.29) is 11.4 Å². The van der Waals surface area contributed by atoms with E-state index >= 15 is 0 Å². The van der Waals surface area contributed by atoms with E-state index in [1.165, 1.54) is 6.07 Å². The molecule has 0 fully saturated rings. The molecule has 1 aromatic carbocycles. The summed E-state index contributed by atoms with van der Waals surface area (Å²) in [4.78, 5) is 0.0662. The highest BCUT2D eigenvalue weighted by molar-refractivity contribution is 7.89. The summed E-state index contributed by atoms with van der Waals surface area (Å²) in [7, 11) is -3.63. The Morgan fingerprint density at radius 1 is 1.42 bits per heavy atom. The molecule has 0 bridgehead atoms. The van der Waals surface area contributed by atoms with E-state index < -0.39 is 10.0 Å². The van der Waals surface area contributed by atoms with Crippen LogP contribution in [0.1, 0.15) is 20.8 Å². The van der Waals surface area contributed by atoms with Crippen molar-refractivity contribution in [3.63, 3.8) is 0 Å². The van der Waals surface area contributed by atoms with E-state index in [0.29, 0.717) is 18.0 Å². The maximum atomic E-state index is 12.2. The van der Waals surface area contributed by atoms with E-state index in [1.54, 1.807) is 25.1 Å². The number of nitrogens with two attached hydrogens (primary N) is 1. The first-order valence-electron chi connectivity index (χ1n) is 6.02. The Bertz CT molecular complexity index is 561. The number of hydrogen-bond donors (Lipinski definition) is 2. The van der Waals surface area contributed by atoms with Crippen LogP contribution in [0.5, 0.6) is 5.75 Å². The number of rotatable bonds is 6. The van der Waals surface area contributed by atoms with E-state index in [1.807, 2.05) is 13.8 Å². The third-order valence-electron chi connectivity index (χ3n) is 2.34. The van der Waals surface area contributed by atoms with Crippen molar-refractivity contribution in [2.24, 2.45) is 0 Å². The highest BCUT2D eigenvalue weighted by Gasteiger charge is 2.19. The Balaban J connectivity index is 3.05. The molecule has 1 rings (SSSR count). The molecule has 0 aliphatic carbocycles. The molecule has 0 aliphatic rings. The molecule has 0 saturated heterocycles. The molecule has 106 valence electrons. The van der Waals surface area contributed by atoms with E-state index in [4.69, 9.17) is 10.5 Å². The molecule has 0 spiro atoms. The fourth-order valence-corrected chi connectivity index (χ4v) is 2.58. The summed E-state index contributed by atoms with van der Waals surface area (Å²) in [6.45, 7) is 6.23. The van der Waals surface area contributed by atoms with Crippen LogP contribution in [0.2, 0.25) is 0 Å². The predicted octanol–water partition coefficient (Wildman–Crippen LogP) is 1.91. The molecule has 0 aromatic heterocycles. The molecule has 0 heterocycles. The summed E-state index contributed by atoms with van der Waals surface area (Å²) >= 11 is 0. The van der Waals surface area contributed by atoms with Crippen molar-refractivity contribution >= 4 is 15.7 Å². The zero-order valence-electron chi connectivity index (χ0n) is 11.4. The first kappa shape index (κ1) is 15.5. The second-order valence-electron chi connectivity index (χ2n) is 4.27. The number of ether oxygens (including phenoxy) is 1. The number of anilines is 1. The van der Waals surface area contributed by atoms with Gasteiger partial charge in [0.25, 0.3) is 0 Å². The summed E-state index contributed by atoms with van der Waals surface area (Å²) in [5.74, 6) is 0.307. The molecule has 1 aromatic rings. The monoisotopic (exact) mass is 284 g/mol. The normalized spacial score (nSPS) is 11.1. The molecule has 5 nitrogen and oxygen atoms in total. The molecule has 0 atom stereocenters. The van der Waals surface area contributed by atoms with Crippen LogP contribution in [0, 0.1) is 0 Å². The Morgan fingerprint density at radius 3 is 2.68 bits per heavy atom. The van der Waals surface area contributed by atoms with Gasteiger partial charge < -0.3 is 10.5 Å². The third kappa shape index (κ3) is 4.57. The van der Waals surface area contributed by atoms with Crippen molar-refractivity contribution in [3.05, 3.63) is 29.8 Å². The average molecular weight is 284 g/mol. The number of benzene rings is 1. The molecular formula is C13H20N2O3S. The summed E-state index contributed by atoms with van der Waals surface area (Å²) in [6.07, 6.45) is 1.80. The van der Waals surface area contributed by atoms with E-state index in [2.05, 4.69) is 4.72 Å². The van der Waals surface area contributed by atoms with Crippen LogP contribution in [0.4, 0.5) is 5.69 Å². The van der Waals surface area contributed by atoms with Gasteiger partial charge in [0.1, 0.15) is 10.6 Å². The Hall–Kier alpha value is -1.53. The lowest BCUT2D eigenvalue weighted by atomic mass is 10.3. The Labute approximate surface area is 114 Å². The standard InChI is InChI=1S/C13H20N2O3S/c1-4-18-12-6-5-11(14)9-13(12)19(16,17)15-8-7-10(2)3/h5-7,9,15H,4,8,14H2,1-3H3. The zero-order valence-corrected chi connectivity index (χ0v) is 12.3. The van der Waals surface area contributed by atoms with Gasteiger partial charge in [-0.1, -0.05) is 11.6 Å². The van der Waals surface area contributed by atoms with Gasteiger partial charge in [0.2, 0.25) is 10.0 Å². The van der Waals surface area contributed by atoms with E-state index in [9.17, 15) is 8.42 Å². The van der Waals surface area contributed by atoms with Gasteiger partial charge in [-0.25, -0.2) is 13.1 Å². The number of nitrogen functional groups attached to an aromatic ring is 1. The minimum Gasteiger partial charge on any atom is -0.492 e. The van der Waals surface area contributed by atoms with Crippen molar-refractivity contribution in [3.8, 4) is 5.75 Å². The van der Waals surface area contributed by atoms with Gasteiger partial charge in [0.05, 0.1) is 6.61 Å². The molecule has 0 aliphatic heterocycles. The topological polar surface area (TPSA) is 81.4 Å². The quantitative estimate of drug-likeness (QED) is 0.617. The van der Waals surface area contributed by atoms with Crippen LogP contribution in [0.15, 0.2) is 34.7 Å². The summed E-state index contributed by atoms with van der Waals surface area (Å²) in [5, 5.41) is 0. The Kier molecular flexibility index (Phi) is 5.38. The molecular weight excluding hydrogens is 264 g/mol. The molecule has 19 heavy (non-hydrogen) atoms. The number of nitrogens with one attached hydrogen (secondary N) is 1. The van der Waals surface area contributed by atoms with Crippen molar-refractivity contribution in [1.29, 1.82) is 0 Å². The van der Waals surface area contributed by atoms with E-state index in [0.717, 1.165) is 5.57 Å². The maximum Gasteiger partial charge on any atom is 0.244 e. The van der Waals surface area contributed by atoms with Crippen molar-refractivity contribution in [1.82, 2.24) is 4.72 Å². The van der Waals surface area contributed by atoms with Gasteiger partial charge in [-0.2, -0.15) is 0 Å².